The Bertz CT molecular complexity index is 653. The lowest BCUT2D eigenvalue weighted by Gasteiger charge is -2.12. The number of benzene rings is 1. The number of H-pyrrole nitrogens is 1. The van der Waals surface area contributed by atoms with Crippen LogP contribution in [0.5, 0.6) is 0 Å². The van der Waals surface area contributed by atoms with Gasteiger partial charge in [-0.15, -0.1) is 0 Å². The molecule has 2 rings (SSSR count). The molecule has 0 aliphatic carbocycles. The van der Waals surface area contributed by atoms with E-state index in [9.17, 15) is 8.42 Å². The minimum absolute atomic E-state index is 0.282. The van der Waals surface area contributed by atoms with Gasteiger partial charge in [0, 0.05) is 31.9 Å². The summed E-state index contributed by atoms with van der Waals surface area (Å²) < 4.78 is 27.3. The molecule has 1 aromatic carbocycles. The van der Waals surface area contributed by atoms with Crippen molar-refractivity contribution in [2.24, 2.45) is 0 Å². The summed E-state index contributed by atoms with van der Waals surface area (Å²) in [5.41, 5.74) is 0.624. The van der Waals surface area contributed by atoms with Crippen LogP contribution in [0.2, 0.25) is 0 Å². The number of aromatic amines is 1. The summed E-state index contributed by atoms with van der Waals surface area (Å²) in [6, 6.07) is 6.90. The van der Waals surface area contributed by atoms with E-state index in [0.29, 0.717) is 31.6 Å². The molecule has 21 heavy (non-hydrogen) atoms. The molecule has 0 radical (unpaired) electrons. The first kappa shape index (κ1) is 15.5. The Balaban J connectivity index is 1.95. The number of nitrogens with zero attached hydrogens (tertiary/aromatic N) is 1. The average molecular weight is 308 g/mol. The largest absolute Gasteiger partial charge is 0.384 e. The van der Waals surface area contributed by atoms with Crippen LogP contribution in [0.4, 0.5) is 5.69 Å². The molecular formula is C14H20N4O2S. The molecule has 6 nitrogen and oxygen atoms in total. The fourth-order valence-electron chi connectivity index (χ4n) is 2.01. The number of hydrogen-bond acceptors (Lipinski definition) is 4. The van der Waals surface area contributed by atoms with Crippen LogP contribution in [0.25, 0.3) is 0 Å². The quantitative estimate of drug-likeness (QED) is 0.648. The van der Waals surface area contributed by atoms with Gasteiger partial charge in [-0.2, -0.15) is 0 Å². The highest BCUT2D eigenvalue weighted by Gasteiger charge is 2.17. The molecule has 0 atom stereocenters. The van der Waals surface area contributed by atoms with Crippen molar-refractivity contribution in [3.63, 3.8) is 0 Å². The lowest BCUT2D eigenvalue weighted by molar-refractivity contribution is 0.578. The van der Waals surface area contributed by atoms with Gasteiger partial charge in [-0.05, 0) is 25.5 Å². The molecule has 0 saturated heterocycles. The lowest BCUT2D eigenvalue weighted by atomic mass is 10.3. The van der Waals surface area contributed by atoms with E-state index in [4.69, 9.17) is 0 Å². The Kier molecular flexibility index (Phi) is 5.35. The monoisotopic (exact) mass is 308 g/mol. The molecule has 114 valence electrons. The summed E-state index contributed by atoms with van der Waals surface area (Å²) in [7, 11) is -3.50. The zero-order valence-electron chi connectivity index (χ0n) is 12.0. The Morgan fingerprint density at radius 3 is 2.81 bits per heavy atom. The first-order chi connectivity index (χ1) is 10.1. The van der Waals surface area contributed by atoms with Crippen molar-refractivity contribution in [2.45, 2.75) is 24.7 Å². The van der Waals surface area contributed by atoms with Crippen molar-refractivity contribution < 1.29 is 8.42 Å². The summed E-state index contributed by atoms with van der Waals surface area (Å²) in [4.78, 5) is 7.38. The van der Waals surface area contributed by atoms with Crippen molar-refractivity contribution in [1.29, 1.82) is 0 Å². The van der Waals surface area contributed by atoms with E-state index in [1.165, 1.54) is 0 Å². The van der Waals surface area contributed by atoms with E-state index in [2.05, 4.69) is 20.0 Å². The van der Waals surface area contributed by atoms with E-state index >= 15 is 0 Å². The molecule has 0 saturated carbocycles. The first-order valence-corrected chi connectivity index (χ1v) is 8.42. The molecule has 0 fully saturated rings. The Morgan fingerprint density at radius 2 is 2.10 bits per heavy atom. The van der Waals surface area contributed by atoms with Gasteiger partial charge in [-0.25, -0.2) is 18.1 Å². The van der Waals surface area contributed by atoms with Crippen molar-refractivity contribution in [3.05, 3.63) is 42.5 Å². The van der Waals surface area contributed by atoms with Gasteiger partial charge in [0.25, 0.3) is 0 Å². The number of imidazole rings is 1. The minimum Gasteiger partial charge on any atom is -0.384 e. The van der Waals surface area contributed by atoms with Crippen LogP contribution in [-0.4, -0.2) is 31.5 Å². The fourth-order valence-corrected chi connectivity index (χ4v) is 3.27. The molecule has 0 spiro atoms. The van der Waals surface area contributed by atoms with E-state index in [-0.39, 0.29) is 4.90 Å². The maximum atomic E-state index is 12.3. The predicted octanol–water partition coefficient (Wildman–Crippen LogP) is 1.75. The number of aromatic nitrogens is 2. The molecule has 7 heteroatoms. The zero-order chi connectivity index (χ0) is 15.1. The maximum Gasteiger partial charge on any atom is 0.242 e. The van der Waals surface area contributed by atoms with Gasteiger partial charge < -0.3 is 10.3 Å². The third-order valence-corrected chi connectivity index (χ3v) is 4.50. The molecule has 0 aliphatic heterocycles. The Hall–Kier alpha value is -1.86. The van der Waals surface area contributed by atoms with Crippen LogP contribution in [0.1, 0.15) is 19.2 Å². The summed E-state index contributed by atoms with van der Waals surface area (Å²) in [5.74, 6) is 0.863. The van der Waals surface area contributed by atoms with Crippen LogP contribution in [0, 0.1) is 0 Å². The Labute approximate surface area is 125 Å². The standard InChI is InChI=1S/C14H20N4O2S/c1-2-15-12-6-3-4-7-13(12)21(19,20)18-9-5-8-14-16-10-11-17-14/h3-4,6-7,10-11,15,18H,2,5,8-9H2,1H3,(H,16,17). The number of sulfonamides is 1. The molecule has 0 bridgehead atoms. The molecular weight excluding hydrogens is 288 g/mol. The third kappa shape index (κ3) is 4.30. The summed E-state index contributed by atoms with van der Waals surface area (Å²) in [6.45, 7) is 2.98. The zero-order valence-corrected chi connectivity index (χ0v) is 12.8. The van der Waals surface area contributed by atoms with Crippen LogP contribution in [-0.2, 0) is 16.4 Å². The molecule has 0 amide bonds. The average Bonchev–Trinajstić information content (AvgIpc) is 2.98. The van der Waals surface area contributed by atoms with Crippen molar-refractivity contribution in [2.75, 3.05) is 18.4 Å². The topological polar surface area (TPSA) is 86.9 Å². The normalized spacial score (nSPS) is 11.5. The number of rotatable bonds is 8. The van der Waals surface area contributed by atoms with Crippen LogP contribution >= 0.6 is 0 Å². The molecule has 0 unspecified atom stereocenters. The van der Waals surface area contributed by atoms with Crippen molar-refractivity contribution in [3.8, 4) is 0 Å². The predicted molar refractivity (Wildman–Crippen MR) is 82.7 cm³/mol. The Morgan fingerprint density at radius 1 is 1.29 bits per heavy atom. The van der Waals surface area contributed by atoms with E-state index in [1.54, 1.807) is 30.6 Å². The number of anilines is 1. The fraction of sp³-hybridized carbons (Fsp3) is 0.357. The molecule has 1 aromatic heterocycles. The number of para-hydroxylation sites is 1. The second-order valence-corrected chi connectivity index (χ2v) is 6.30. The second-order valence-electron chi connectivity index (χ2n) is 4.56. The van der Waals surface area contributed by atoms with Gasteiger partial charge >= 0.3 is 0 Å². The van der Waals surface area contributed by atoms with Gasteiger partial charge in [0.05, 0.1) is 5.69 Å². The van der Waals surface area contributed by atoms with Crippen molar-refractivity contribution >= 4 is 15.7 Å². The van der Waals surface area contributed by atoms with E-state index in [1.807, 2.05) is 13.0 Å². The molecule has 2 aromatic rings. The van der Waals surface area contributed by atoms with Gasteiger partial charge in [-0.1, -0.05) is 12.1 Å². The van der Waals surface area contributed by atoms with Gasteiger partial charge in [0.15, 0.2) is 0 Å². The van der Waals surface area contributed by atoms with Crippen LogP contribution < -0.4 is 10.0 Å². The highest BCUT2D eigenvalue weighted by atomic mass is 32.2. The highest BCUT2D eigenvalue weighted by molar-refractivity contribution is 7.89. The first-order valence-electron chi connectivity index (χ1n) is 6.94. The lowest BCUT2D eigenvalue weighted by Crippen LogP contribution is -2.26. The summed E-state index contributed by atoms with van der Waals surface area (Å²) in [6.07, 6.45) is 4.85. The number of aryl methyl sites for hydroxylation is 1. The number of hydrogen-bond donors (Lipinski definition) is 3. The SMILES string of the molecule is CCNc1ccccc1S(=O)(=O)NCCCc1ncc[nH]1. The van der Waals surface area contributed by atoms with Gasteiger partial charge in [0.2, 0.25) is 10.0 Å². The summed E-state index contributed by atoms with van der Waals surface area (Å²) in [5, 5.41) is 3.06. The maximum absolute atomic E-state index is 12.3. The van der Waals surface area contributed by atoms with Crippen molar-refractivity contribution in [1.82, 2.24) is 14.7 Å². The highest BCUT2D eigenvalue weighted by Crippen LogP contribution is 2.20. The second kappa shape index (κ2) is 7.24. The smallest absolute Gasteiger partial charge is 0.242 e. The van der Waals surface area contributed by atoms with Crippen LogP contribution in [0.15, 0.2) is 41.6 Å². The summed E-state index contributed by atoms with van der Waals surface area (Å²) >= 11 is 0. The van der Waals surface area contributed by atoms with Gasteiger partial charge in [0.1, 0.15) is 10.7 Å². The van der Waals surface area contributed by atoms with E-state index < -0.39 is 10.0 Å². The molecule has 1 heterocycles. The van der Waals surface area contributed by atoms with E-state index in [0.717, 1.165) is 5.82 Å². The van der Waals surface area contributed by atoms with Gasteiger partial charge in [-0.3, -0.25) is 0 Å². The molecule has 3 N–H and O–H groups in total. The molecule has 0 aliphatic rings. The van der Waals surface area contributed by atoms with Crippen LogP contribution in [0.3, 0.4) is 0 Å². The number of nitrogens with one attached hydrogen (secondary N) is 3. The third-order valence-electron chi connectivity index (χ3n) is 2.98. The minimum atomic E-state index is -3.50.